The van der Waals surface area contributed by atoms with Crippen molar-refractivity contribution in [3.63, 3.8) is 0 Å². The van der Waals surface area contributed by atoms with Gasteiger partial charge in [-0.25, -0.2) is 4.39 Å². The predicted molar refractivity (Wildman–Crippen MR) is 95.7 cm³/mol. The number of hydrogen-bond acceptors (Lipinski definition) is 3. The molecule has 26 heavy (non-hydrogen) atoms. The highest BCUT2D eigenvalue weighted by atomic mass is 19.1. The molecular formula is C20H16FN3O2. The van der Waals surface area contributed by atoms with Gasteiger partial charge in [-0.05, 0) is 42.3 Å². The number of carbonyl (C=O) groups is 2. The van der Waals surface area contributed by atoms with Gasteiger partial charge in [0, 0.05) is 12.4 Å². The molecule has 5 nitrogen and oxygen atoms in total. The topological polar surface area (TPSA) is 71.1 Å². The van der Waals surface area contributed by atoms with Crippen LogP contribution < -0.4 is 10.9 Å². The number of hydrogen-bond donors (Lipinski definition) is 2. The van der Waals surface area contributed by atoms with Crippen molar-refractivity contribution in [2.45, 2.75) is 6.92 Å². The van der Waals surface area contributed by atoms with Crippen molar-refractivity contribution in [1.82, 2.24) is 15.8 Å². The Morgan fingerprint density at radius 3 is 2.27 bits per heavy atom. The SMILES string of the molecule is Cc1ccc(-c2ccc(C(=O)NNC(=O)c3cccnc3)c(F)c2)cc1. The molecule has 0 atom stereocenters. The van der Waals surface area contributed by atoms with E-state index < -0.39 is 17.6 Å². The zero-order valence-electron chi connectivity index (χ0n) is 14.0. The molecule has 0 aliphatic heterocycles. The Labute approximate surface area is 149 Å². The lowest BCUT2D eigenvalue weighted by Gasteiger charge is -2.09. The molecule has 130 valence electrons. The Morgan fingerprint density at radius 2 is 1.62 bits per heavy atom. The van der Waals surface area contributed by atoms with E-state index in [1.54, 1.807) is 18.2 Å². The minimum absolute atomic E-state index is 0.160. The molecule has 0 radical (unpaired) electrons. The normalized spacial score (nSPS) is 10.2. The van der Waals surface area contributed by atoms with Crippen LogP contribution in [0.15, 0.2) is 67.0 Å². The smallest absolute Gasteiger partial charge is 0.267 e. The summed E-state index contributed by atoms with van der Waals surface area (Å²) in [6.07, 6.45) is 2.89. The Balaban J connectivity index is 1.70. The molecule has 0 spiro atoms. The van der Waals surface area contributed by atoms with E-state index >= 15 is 0 Å². The molecule has 1 aromatic heterocycles. The van der Waals surface area contributed by atoms with Crippen LogP contribution in [0.3, 0.4) is 0 Å². The number of carbonyl (C=O) groups excluding carboxylic acids is 2. The minimum Gasteiger partial charge on any atom is -0.267 e. The highest BCUT2D eigenvalue weighted by molar-refractivity contribution is 5.99. The first kappa shape index (κ1) is 17.3. The van der Waals surface area contributed by atoms with Gasteiger partial charge in [0.1, 0.15) is 5.82 Å². The van der Waals surface area contributed by atoms with Gasteiger partial charge in [-0.2, -0.15) is 0 Å². The molecule has 3 aromatic rings. The van der Waals surface area contributed by atoms with Crippen molar-refractivity contribution in [2.75, 3.05) is 0 Å². The number of amides is 2. The second-order valence-electron chi connectivity index (χ2n) is 5.71. The molecule has 6 heteroatoms. The third-order valence-electron chi connectivity index (χ3n) is 3.81. The van der Waals surface area contributed by atoms with Gasteiger partial charge in [0.15, 0.2) is 0 Å². The van der Waals surface area contributed by atoms with Gasteiger partial charge in [0.25, 0.3) is 11.8 Å². The van der Waals surface area contributed by atoms with Crippen molar-refractivity contribution < 1.29 is 14.0 Å². The number of aryl methyl sites for hydroxylation is 1. The summed E-state index contributed by atoms with van der Waals surface area (Å²) >= 11 is 0. The molecule has 0 aliphatic carbocycles. The summed E-state index contributed by atoms with van der Waals surface area (Å²) in [7, 11) is 0. The van der Waals surface area contributed by atoms with Crippen LogP contribution in [0.1, 0.15) is 26.3 Å². The van der Waals surface area contributed by atoms with E-state index in [-0.39, 0.29) is 11.1 Å². The van der Waals surface area contributed by atoms with E-state index in [4.69, 9.17) is 0 Å². The van der Waals surface area contributed by atoms with Crippen molar-refractivity contribution in [3.05, 3.63) is 89.5 Å². The van der Waals surface area contributed by atoms with Crippen molar-refractivity contribution in [3.8, 4) is 11.1 Å². The second kappa shape index (κ2) is 7.57. The lowest BCUT2D eigenvalue weighted by molar-refractivity contribution is 0.0844. The van der Waals surface area contributed by atoms with Gasteiger partial charge in [0.05, 0.1) is 11.1 Å². The van der Waals surface area contributed by atoms with Crippen LogP contribution in [0.4, 0.5) is 4.39 Å². The number of nitrogens with one attached hydrogen (secondary N) is 2. The Kier molecular flexibility index (Phi) is 5.03. The van der Waals surface area contributed by atoms with Gasteiger partial charge in [0.2, 0.25) is 0 Å². The first-order chi connectivity index (χ1) is 12.5. The maximum absolute atomic E-state index is 14.3. The molecule has 2 aromatic carbocycles. The van der Waals surface area contributed by atoms with E-state index in [2.05, 4.69) is 15.8 Å². The third kappa shape index (κ3) is 3.92. The summed E-state index contributed by atoms with van der Waals surface area (Å²) in [6, 6.07) is 15.1. The highest BCUT2D eigenvalue weighted by Crippen LogP contribution is 2.22. The lowest BCUT2D eigenvalue weighted by atomic mass is 10.0. The Hall–Kier alpha value is -3.54. The molecule has 2 N–H and O–H groups in total. The van der Waals surface area contributed by atoms with Crippen LogP contribution in [-0.4, -0.2) is 16.8 Å². The number of pyridine rings is 1. The summed E-state index contributed by atoms with van der Waals surface area (Å²) in [5.41, 5.74) is 7.18. The summed E-state index contributed by atoms with van der Waals surface area (Å²) in [5.74, 6) is -1.95. The summed E-state index contributed by atoms with van der Waals surface area (Å²) < 4.78 is 14.3. The quantitative estimate of drug-likeness (QED) is 0.713. The second-order valence-corrected chi connectivity index (χ2v) is 5.71. The average Bonchev–Trinajstić information content (AvgIpc) is 2.67. The van der Waals surface area contributed by atoms with E-state index in [9.17, 15) is 14.0 Å². The fraction of sp³-hybridized carbons (Fsp3) is 0.0500. The lowest BCUT2D eigenvalue weighted by Crippen LogP contribution is -2.42. The number of halogens is 1. The predicted octanol–water partition coefficient (Wildman–Crippen LogP) is 3.27. The van der Waals surface area contributed by atoms with Crippen LogP contribution in [0.2, 0.25) is 0 Å². The molecular weight excluding hydrogens is 333 g/mol. The fourth-order valence-electron chi connectivity index (χ4n) is 2.37. The highest BCUT2D eigenvalue weighted by Gasteiger charge is 2.14. The molecule has 0 aliphatic rings. The van der Waals surface area contributed by atoms with Crippen LogP contribution >= 0.6 is 0 Å². The monoisotopic (exact) mass is 349 g/mol. The number of nitrogens with zero attached hydrogens (tertiary/aromatic N) is 1. The largest absolute Gasteiger partial charge is 0.272 e. The first-order valence-corrected chi connectivity index (χ1v) is 7.92. The van der Waals surface area contributed by atoms with E-state index in [1.165, 1.54) is 24.5 Å². The Morgan fingerprint density at radius 1 is 0.923 bits per heavy atom. The van der Waals surface area contributed by atoms with E-state index in [1.807, 2.05) is 31.2 Å². The van der Waals surface area contributed by atoms with Gasteiger partial charge < -0.3 is 0 Å². The van der Waals surface area contributed by atoms with Gasteiger partial charge in [-0.15, -0.1) is 0 Å². The van der Waals surface area contributed by atoms with Crippen molar-refractivity contribution in [2.24, 2.45) is 0 Å². The van der Waals surface area contributed by atoms with Crippen LogP contribution in [-0.2, 0) is 0 Å². The molecule has 0 unspecified atom stereocenters. The van der Waals surface area contributed by atoms with Crippen molar-refractivity contribution in [1.29, 1.82) is 0 Å². The third-order valence-corrected chi connectivity index (χ3v) is 3.81. The van der Waals surface area contributed by atoms with Gasteiger partial charge in [-0.1, -0.05) is 35.9 Å². The number of aromatic nitrogens is 1. The number of hydrazine groups is 1. The summed E-state index contributed by atoms with van der Waals surface area (Å²) in [4.78, 5) is 27.8. The molecule has 0 saturated heterocycles. The van der Waals surface area contributed by atoms with Gasteiger partial charge >= 0.3 is 0 Å². The molecule has 2 amide bonds. The molecule has 0 saturated carbocycles. The summed E-state index contributed by atoms with van der Waals surface area (Å²) in [5, 5.41) is 0. The van der Waals surface area contributed by atoms with Crippen LogP contribution in [0.5, 0.6) is 0 Å². The summed E-state index contributed by atoms with van der Waals surface area (Å²) in [6.45, 7) is 1.97. The van der Waals surface area contributed by atoms with Gasteiger partial charge in [-0.3, -0.25) is 25.4 Å². The maximum Gasteiger partial charge on any atom is 0.272 e. The zero-order chi connectivity index (χ0) is 18.5. The maximum atomic E-state index is 14.3. The van der Waals surface area contributed by atoms with Crippen LogP contribution in [0, 0.1) is 12.7 Å². The molecule has 3 rings (SSSR count). The average molecular weight is 349 g/mol. The van der Waals surface area contributed by atoms with Crippen molar-refractivity contribution >= 4 is 11.8 Å². The molecule has 0 bridgehead atoms. The van der Waals surface area contributed by atoms with E-state index in [0.717, 1.165) is 11.1 Å². The molecule has 0 fully saturated rings. The Bertz CT molecular complexity index is 941. The minimum atomic E-state index is -0.741. The zero-order valence-corrected chi connectivity index (χ0v) is 14.0. The number of benzene rings is 2. The standard InChI is InChI=1S/C20H16FN3O2/c1-13-4-6-14(7-5-13)15-8-9-17(18(21)11-15)20(26)24-23-19(25)16-3-2-10-22-12-16/h2-12H,1H3,(H,23,25)(H,24,26). The van der Waals surface area contributed by atoms with E-state index in [0.29, 0.717) is 5.56 Å². The first-order valence-electron chi connectivity index (χ1n) is 7.92. The van der Waals surface area contributed by atoms with Crippen LogP contribution in [0.25, 0.3) is 11.1 Å². The number of rotatable bonds is 3. The fourth-order valence-corrected chi connectivity index (χ4v) is 2.37. The molecule has 1 heterocycles.